The lowest BCUT2D eigenvalue weighted by atomic mass is 9.99. The number of nitrogens with zero attached hydrogens (tertiary/aromatic N) is 1. The fourth-order valence-corrected chi connectivity index (χ4v) is 2.73. The first kappa shape index (κ1) is 11.5. The van der Waals surface area contributed by atoms with Gasteiger partial charge in [-0.3, -0.25) is 4.79 Å². The third-order valence-electron chi connectivity index (χ3n) is 3.81. The van der Waals surface area contributed by atoms with E-state index in [2.05, 4.69) is 29.6 Å². The topological polar surface area (TPSA) is 32.3 Å². The Hall–Kier alpha value is -1.61. The summed E-state index contributed by atoms with van der Waals surface area (Å²) in [5.74, 6) is 0.193. The smallest absolute Gasteiger partial charge is 0.231 e. The normalized spacial score (nSPS) is 19.5. The highest BCUT2D eigenvalue weighted by Crippen LogP contribution is 2.31. The van der Waals surface area contributed by atoms with Gasteiger partial charge in [-0.15, -0.1) is 0 Å². The minimum absolute atomic E-state index is 0.193. The van der Waals surface area contributed by atoms with E-state index >= 15 is 0 Å². The lowest BCUT2D eigenvalue weighted by molar-refractivity contribution is -0.117. The van der Waals surface area contributed by atoms with Crippen LogP contribution in [0.1, 0.15) is 24.0 Å². The molecule has 0 radical (unpaired) electrons. The van der Waals surface area contributed by atoms with Gasteiger partial charge in [-0.2, -0.15) is 0 Å². The number of hydrogen-bond donors (Lipinski definition) is 1. The first-order valence-corrected chi connectivity index (χ1v) is 6.55. The minimum Gasteiger partial charge on any atom is -0.316 e. The third kappa shape index (κ3) is 1.95. The van der Waals surface area contributed by atoms with Crippen LogP contribution >= 0.6 is 0 Å². The summed E-state index contributed by atoms with van der Waals surface area (Å²) in [7, 11) is 1.85. The van der Waals surface area contributed by atoms with Gasteiger partial charge in [0.15, 0.2) is 0 Å². The molecule has 0 saturated carbocycles. The highest BCUT2D eigenvalue weighted by atomic mass is 16.2. The molecule has 2 heterocycles. The zero-order chi connectivity index (χ0) is 12.5. The Bertz CT molecular complexity index is 519. The Labute approximate surface area is 107 Å². The van der Waals surface area contributed by atoms with Crippen molar-refractivity contribution in [3.05, 3.63) is 35.4 Å². The first-order valence-electron chi connectivity index (χ1n) is 6.55. The number of likely N-dealkylation sites (N-methyl/N-ethyl adjacent to an activating group) is 1. The molecule has 0 saturated heterocycles. The molecule has 94 valence electrons. The molecule has 18 heavy (non-hydrogen) atoms. The van der Waals surface area contributed by atoms with Gasteiger partial charge in [0, 0.05) is 12.7 Å². The molecular weight excluding hydrogens is 224 g/mol. The van der Waals surface area contributed by atoms with Crippen LogP contribution in [-0.2, 0) is 11.2 Å². The molecule has 0 aliphatic carbocycles. The molecule has 1 amide bonds. The molecule has 3 nitrogen and oxygen atoms in total. The van der Waals surface area contributed by atoms with Crippen LogP contribution < -0.4 is 10.2 Å². The summed E-state index contributed by atoms with van der Waals surface area (Å²) in [6, 6.07) is 6.41. The molecule has 0 spiro atoms. The van der Waals surface area contributed by atoms with E-state index < -0.39 is 0 Å². The van der Waals surface area contributed by atoms with Crippen LogP contribution in [0.25, 0.3) is 5.57 Å². The van der Waals surface area contributed by atoms with E-state index in [-0.39, 0.29) is 5.91 Å². The summed E-state index contributed by atoms with van der Waals surface area (Å²) < 4.78 is 0. The maximum Gasteiger partial charge on any atom is 0.231 e. The monoisotopic (exact) mass is 242 g/mol. The zero-order valence-corrected chi connectivity index (χ0v) is 10.7. The Morgan fingerprint density at radius 2 is 2.17 bits per heavy atom. The van der Waals surface area contributed by atoms with E-state index in [4.69, 9.17) is 0 Å². The number of carbonyl (C=O) groups is 1. The van der Waals surface area contributed by atoms with E-state index in [1.165, 1.54) is 11.1 Å². The molecule has 0 bridgehead atoms. The van der Waals surface area contributed by atoms with E-state index in [0.717, 1.165) is 37.2 Å². The van der Waals surface area contributed by atoms with Gasteiger partial charge in [0.25, 0.3) is 0 Å². The van der Waals surface area contributed by atoms with Crippen molar-refractivity contribution in [1.29, 1.82) is 0 Å². The summed E-state index contributed by atoms with van der Waals surface area (Å²) in [6.45, 7) is 2.11. The van der Waals surface area contributed by atoms with Gasteiger partial charge in [0.05, 0.1) is 6.42 Å². The van der Waals surface area contributed by atoms with Crippen molar-refractivity contribution in [3.63, 3.8) is 0 Å². The number of rotatable bonds is 1. The standard InChI is InChI=1S/C15H18N2O/c1-17-14-5-4-12(9-13(14)10-15(17)18)11-3-2-7-16-8-6-11/h3-5,9,16H,2,6-8,10H2,1H3. The summed E-state index contributed by atoms with van der Waals surface area (Å²) in [5.41, 5.74) is 4.92. The van der Waals surface area contributed by atoms with Crippen molar-refractivity contribution in [1.82, 2.24) is 5.32 Å². The van der Waals surface area contributed by atoms with E-state index in [9.17, 15) is 4.79 Å². The second-order valence-corrected chi connectivity index (χ2v) is 4.99. The van der Waals surface area contributed by atoms with Crippen molar-refractivity contribution < 1.29 is 4.79 Å². The predicted molar refractivity (Wildman–Crippen MR) is 73.6 cm³/mol. The van der Waals surface area contributed by atoms with Crippen LogP contribution in [0.15, 0.2) is 24.3 Å². The quantitative estimate of drug-likeness (QED) is 0.816. The predicted octanol–water partition coefficient (Wildman–Crippen LogP) is 1.97. The highest BCUT2D eigenvalue weighted by Gasteiger charge is 2.24. The van der Waals surface area contributed by atoms with Gasteiger partial charge in [-0.25, -0.2) is 0 Å². The molecular formula is C15H18N2O. The molecule has 2 aliphatic rings. The molecule has 3 rings (SSSR count). The fraction of sp³-hybridized carbons (Fsp3) is 0.400. The Kier molecular flexibility index (Phi) is 2.92. The SMILES string of the molecule is CN1C(=O)Cc2cc(C3=CCCNCC3)ccc21. The molecule has 1 aromatic rings. The van der Waals surface area contributed by atoms with E-state index in [0.29, 0.717) is 6.42 Å². The highest BCUT2D eigenvalue weighted by molar-refractivity contribution is 6.01. The average molecular weight is 242 g/mol. The van der Waals surface area contributed by atoms with E-state index in [1.807, 2.05) is 7.05 Å². The lowest BCUT2D eigenvalue weighted by Crippen LogP contribution is -2.20. The molecule has 0 fully saturated rings. The fourth-order valence-electron chi connectivity index (χ4n) is 2.73. The third-order valence-corrected chi connectivity index (χ3v) is 3.81. The molecule has 3 heteroatoms. The first-order chi connectivity index (χ1) is 8.75. The van der Waals surface area contributed by atoms with E-state index in [1.54, 1.807) is 4.90 Å². The van der Waals surface area contributed by atoms with Crippen molar-refractivity contribution in [2.24, 2.45) is 0 Å². The second-order valence-electron chi connectivity index (χ2n) is 4.99. The van der Waals surface area contributed by atoms with Gasteiger partial charge >= 0.3 is 0 Å². The van der Waals surface area contributed by atoms with Crippen molar-refractivity contribution >= 4 is 17.2 Å². The molecule has 0 atom stereocenters. The number of nitrogens with one attached hydrogen (secondary N) is 1. The van der Waals surface area contributed by atoms with Gasteiger partial charge in [-0.1, -0.05) is 12.1 Å². The number of fused-ring (bicyclic) bond motifs is 1. The van der Waals surface area contributed by atoms with Crippen LogP contribution in [0.4, 0.5) is 5.69 Å². The van der Waals surface area contributed by atoms with Crippen LogP contribution in [0, 0.1) is 0 Å². The largest absolute Gasteiger partial charge is 0.316 e. The minimum atomic E-state index is 0.193. The average Bonchev–Trinajstić information content (AvgIpc) is 2.61. The van der Waals surface area contributed by atoms with Crippen molar-refractivity contribution in [2.75, 3.05) is 25.0 Å². The molecule has 0 aromatic heterocycles. The van der Waals surface area contributed by atoms with Gasteiger partial charge < -0.3 is 10.2 Å². The van der Waals surface area contributed by atoms with Gasteiger partial charge in [0.1, 0.15) is 0 Å². The summed E-state index contributed by atoms with van der Waals surface area (Å²) in [5, 5.41) is 3.40. The van der Waals surface area contributed by atoms with Crippen molar-refractivity contribution in [2.45, 2.75) is 19.3 Å². The Balaban J connectivity index is 1.94. The van der Waals surface area contributed by atoms with Crippen molar-refractivity contribution in [3.8, 4) is 0 Å². The zero-order valence-electron chi connectivity index (χ0n) is 10.7. The number of amides is 1. The Morgan fingerprint density at radius 1 is 1.28 bits per heavy atom. The summed E-state index contributed by atoms with van der Waals surface area (Å²) in [6.07, 6.45) is 5.03. The maximum absolute atomic E-state index is 11.7. The maximum atomic E-state index is 11.7. The van der Waals surface area contributed by atoms with Crippen LogP contribution in [-0.4, -0.2) is 26.0 Å². The second kappa shape index (κ2) is 4.58. The molecule has 0 unspecified atom stereocenters. The van der Waals surface area contributed by atoms with Crippen LogP contribution in [0.3, 0.4) is 0 Å². The number of benzene rings is 1. The molecule has 1 N–H and O–H groups in total. The number of hydrogen-bond acceptors (Lipinski definition) is 2. The number of anilines is 1. The summed E-state index contributed by atoms with van der Waals surface area (Å²) >= 11 is 0. The number of carbonyl (C=O) groups excluding carboxylic acids is 1. The van der Waals surface area contributed by atoms with Crippen LogP contribution in [0.5, 0.6) is 0 Å². The molecule has 2 aliphatic heterocycles. The van der Waals surface area contributed by atoms with Gasteiger partial charge in [-0.05, 0) is 54.8 Å². The lowest BCUT2D eigenvalue weighted by Gasteiger charge is -2.11. The summed E-state index contributed by atoms with van der Waals surface area (Å²) in [4.78, 5) is 13.4. The molecule has 1 aromatic carbocycles. The van der Waals surface area contributed by atoms with Crippen LogP contribution in [0.2, 0.25) is 0 Å². The van der Waals surface area contributed by atoms with Gasteiger partial charge in [0.2, 0.25) is 5.91 Å². The Morgan fingerprint density at radius 3 is 3.06 bits per heavy atom.